The quantitative estimate of drug-likeness (QED) is 0.210. The van der Waals surface area contributed by atoms with Gasteiger partial charge in [-0.1, -0.05) is 12.8 Å². The van der Waals surface area contributed by atoms with Crippen LogP contribution in [0.2, 0.25) is 0 Å². The van der Waals surface area contributed by atoms with Gasteiger partial charge in [-0.05, 0) is 74.7 Å². The van der Waals surface area contributed by atoms with Crippen molar-refractivity contribution in [3.8, 4) is 0 Å². The Morgan fingerprint density at radius 2 is 1.92 bits per heavy atom. The Bertz CT molecular complexity index is 1290. The number of rotatable bonds is 11. The second-order valence-corrected chi connectivity index (χ2v) is 9.68. The largest absolute Gasteiger partial charge is 0.352 e. The predicted octanol–water partition coefficient (Wildman–Crippen LogP) is 4.99. The maximum absolute atomic E-state index is 12.9. The molecule has 0 spiro atoms. The van der Waals surface area contributed by atoms with E-state index in [1.54, 1.807) is 37.3 Å². The third-order valence-electron chi connectivity index (χ3n) is 6.59. The van der Waals surface area contributed by atoms with Crippen LogP contribution in [0, 0.1) is 0 Å². The average Bonchev–Trinajstić information content (AvgIpc) is 3.55. The average molecular weight is 520 g/mol. The normalized spacial score (nSPS) is 13.4. The third-order valence-corrected chi connectivity index (χ3v) is 6.72. The Balaban J connectivity index is 1.43. The summed E-state index contributed by atoms with van der Waals surface area (Å²) in [6, 6.07) is 9.38. The molecule has 2 N–H and O–H groups in total. The van der Waals surface area contributed by atoms with Gasteiger partial charge in [0.2, 0.25) is 5.95 Å². The molecule has 9 nitrogen and oxygen atoms in total. The van der Waals surface area contributed by atoms with Crippen LogP contribution in [0.25, 0.3) is 11.0 Å². The smallest absolute Gasteiger partial charge is 0.270 e. The topological polar surface area (TPSA) is 105 Å². The number of isothiocyanates is 1. The monoisotopic (exact) mass is 519 g/mol. The molecule has 1 aliphatic rings. The summed E-state index contributed by atoms with van der Waals surface area (Å²) in [6.07, 6.45) is 8.94. The van der Waals surface area contributed by atoms with Crippen molar-refractivity contribution >= 4 is 51.9 Å². The van der Waals surface area contributed by atoms with E-state index < -0.39 is 0 Å². The van der Waals surface area contributed by atoms with Crippen LogP contribution in [0.3, 0.4) is 0 Å². The number of aromatic nitrogens is 3. The number of hydrogen-bond acceptors (Lipinski definition) is 7. The van der Waals surface area contributed by atoms with Crippen LogP contribution in [-0.4, -0.2) is 63.6 Å². The molecule has 1 aromatic carbocycles. The molecule has 1 fully saturated rings. The Kier molecular flexibility index (Phi) is 8.98. The number of benzene rings is 1. The number of nitrogens with zero attached hydrogens (tertiary/aromatic N) is 5. The molecular formula is C27H33N7O2S. The number of nitrogens with one attached hydrogen (secondary N) is 2. The minimum atomic E-state index is -0.103. The van der Waals surface area contributed by atoms with E-state index in [9.17, 15) is 9.59 Å². The number of amides is 2. The number of aliphatic imine (C=N–C) groups is 1. The Morgan fingerprint density at radius 3 is 2.62 bits per heavy atom. The van der Waals surface area contributed by atoms with E-state index in [0.29, 0.717) is 30.3 Å². The molecule has 37 heavy (non-hydrogen) atoms. The lowest BCUT2D eigenvalue weighted by Crippen LogP contribution is -2.25. The van der Waals surface area contributed by atoms with E-state index in [-0.39, 0.29) is 17.9 Å². The van der Waals surface area contributed by atoms with Gasteiger partial charge < -0.3 is 20.1 Å². The predicted molar refractivity (Wildman–Crippen MR) is 149 cm³/mol. The Labute approximate surface area is 222 Å². The molecule has 0 bridgehead atoms. The molecule has 0 saturated heterocycles. The van der Waals surface area contributed by atoms with Crippen molar-refractivity contribution in [1.29, 1.82) is 0 Å². The molecule has 2 heterocycles. The maximum atomic E-state index is 12.9. The summed E-state index contributed by atoms with van der Waals surface area (Å²) in [5.74, 6) is 0.311. The summed E-state index contributed by atoms with van der Waals surface area (Å²) in [5, 5.41) is 9.39. The van der Waals surface area contributed by atoms with Gasteiger partial charge in [0.15, 0.2) is 0 Å². The van der Waals surface area contributed by atoms with Gasteiger partial charge in [-0.25, -0.2) is 9.98 Å². The minimum Gasteiger partial charge on any atom is -0.352 e. The molecule has 4 rings (SSSR count). The molecule has 1 aliphatic carbocycles. The summed E-state index contributed by atoms with van der Waals surface area (Å²) in [7, 11) is 3.53. The van der Waals surface area contributed by atoms with Crippen molar-refractivity contribution in [2.24, 2.45) is 4.99 Å². The lowest BCUT2D eigenvalue weighted by molar-refractivity contribution is 0.0815. The highest BCUT2D eigenvalue weighted by Gasteiger charge is 2.26. The fraction of sp³-hybridized carbons (Fsp3) is 0.444. The highest BCUT2D eigenvalue weighted by Crippen LogP contribution is 2.35. The first-order valence-corrected chi connectivity index (χ1v) is 13.2. The summed E-state index contributed by atoms with van der Waals surface area (Å²) in [4.78, 5) is 40.1. The first-order chi connectivity index (χ1) is 18.0. The van der Waals surface area contributed by atoms with Gasteiger partial charge in [0.05, 0.1) is 5.16 Å². The van der Waals surface area contributed by atoms with Crippen molar-refractivity contribution in [1.82, 2.24) is 24.8 Å². The highest BCUT2D eigenvalue weighted by molar-refractivity contribution is 7.78. The first-order valence-electron chi connectivity index (χ1n) is 12.8. The summed E-state index contributed by atoms with van der Waals surface area (Å²) < 4.78 is 2.09. The zero-order chi connectivity index (χ0) is 26.2. The molecule has 0 atom stereocenters. The molecule has 2 amide bonds. The maximum Gasteiger partial charge on any atom is 0.270 e. The van der Waals surface area contributed by atoms with Crippen LogP contribution in [-0.2, 0) is 0 Å². The van der Waals surface area contributed by atoms with E-state index in [4.69, 9.17) is 4.98 Å². The SMILES string of the molecule is CN(C)C(=O)c1cc2cnc(Nc3ccc(C(=O)NCCCCCN=C=S)cc3)nc2n1C1CCCC1. The van der Waals surface area contributed by atoms with Gasteiger partial charge in [-0.3, -0.25) is 9.59 Å². The summed E-state index contributed by atoms with van der Waals surface area (Å²) in [6.45, 7) is 1.30. The second-order valence-electron chi connectivity index (χ2n) is 9.50. The lowest BCUT2D eigenvalue weighted by Gasteiger charge is -2.19. The van der Waals surface area contributed by atoms with Gasteiger partial charge in [0.25, 0.3) is 11.8 Å². The zero-order valence-electron chi connectivity index (χ0n) is 21.4. The second kappa shape index (κ2) is 12.6. The number of thiocarbonyl (C=S) groups is 1. The number of carbonyl (C=O) groups excluding carboxylic acids is 2. The molecular weight excluding hydrogens is 486 g/mol. The molecule has 0 unspecified atom stereocenters. The fourth-order valence-corrected chi connectivity index (χ4v) is 4.76. The molecule has 2 aromatic heterocycles. The van der Waals surface area contributed by atoms with E-state index in [2.05, 4.69) is 42.6 Å². The first kappa shape index (κ1) is 26.4. The van der Waals surface area contributed by atoms with Crippen molar-refractivity contribution < 1.29 is 9.59 Å². The van der Waals surface area contributed by atoms with E-state index in [1.807, 2.05) is 18.2 Å². The number of fused-ring (bicyclic) bond motifs is 1. The Hall–Kier alpha value is -3.62. The van der Waals surface area contributed by atoms with E-state index >= 15 is 0 Å². The van der Waals surface area contributed by atoms with Crippen molar-refractivity contribution in [2.45, 2.75) is 51.0 Å². The molecule has 0 radical (unpaired) electrons. The third kappa shape index (κ3) is 6.58. The lowest BCUT2D eigenvalue weighted by atomic mass is 10.2. The van der Waals surface area contributed by atoms with Gasteiger partial charge >= 0.3 is 0 Å². The zero-order valence-corrected chi connectivity index (χ0v) is 22.2. The van der Waals surface area contributed by atoms with Crippen LogP contribution in [0.1, 0.15) is 71.8 Å². The van der Waals surface area contributed by atoms with Crippen molar-refractivity contribution in [2.75, 3.05) is 32.5 Å². The summed E-state index contributed by atoms with van der Waals surface area (Å²) in [5.41, 5.74) is 2.78. The van der Waals surface area contributed by atoms with Crippen LogP contribution < -0.4 is 10.6 Å². The molecule has 3 aromatic rings. The molecule has 0 aliphatic heterocycles. The molecule has 194 valence electrons. The minimum absolute atomic E-state index is 0.0338. The van der Waals surface area contributed by atoms with Gasteiger partial charge in [0, 0.05) is 56.1 Å². The van der Waals surface area contributed by atoms with Crippen molar-refractivity contribution in [3.63, 3.8) is 0 Å². The number of unbranched alkanes of at least 4 members (excludes halogenated alkanes) is 2. The van der Waals surface area contributed by atoms with Crippen LogP contribution in [0.4, 0.5) is 11.6 Å². The van der Waals surface area contributed by atoms with Crippen LogP contribution in [0.15, 0.2) is 41.5 Å². The number of anilines is 2. The Morgan fingerprint density at radius 1 is 1.16 bits per heavy atom. The van der Waals surface area contributed by atoms with E-state index in [0.717, 1.165) is 61.7 Å². The van der Waals surface area contributed by atoms with Crippen LogP contribution in [0.5, 0.6) is 0 Å². The van der Waals surface area contributed by atoms with Crippen molar-refractivity contribution in [3.05, 3.63) is 47.8 Å². The van der Waals surface area contributed by atoms with Gasteiger partial charge in [0.1, 0.15) is 11.3 Å². The fourth-order valence-electron chi connectivity index (χ4n) is 4.67. The standard InChI is InChI=1S/C27H33N7O2S/c1-33(2)26(36)23-16-20-17-30-27(32-24(20)34(23)22-8-4-5-9-22)31-21-12-10-19(11-13-21)25(35)29-15-7-3-6-14-28-18-37/h10-13,16-17,22H,3-9,14-15H2,1-2H3,(H,29,35)(H,30,31,32). The molecule has 1 saturated carbocycles. The van der Waals surface area contributed by atoms with Gasteiger partial charge in [-0.15, -0.1) is 0 Å². The molecule has 10 heteroatoms. The van der Waals surface area contributed by atoms with E-state index in [1.165, 1.54) is 0 Å². The number of hydrogen-bond donors (Lipinski definition) is 2. The van der Waals surface area contributed by atoms with Gasteiger partial charge in [-0.2, -0.15) is 4.98 Å². The van der Waals surface area contributed by atoms with Crippen LogP contribution >= 0.6 is 12.2 Å². The number of carbonyl (C=O) groups is 2. The summed E-state index contributed by atoms with van der Waals surface area (Å²) >= 11 is 4.55. The highest BCUT2D eigenvalue weighted by atomic mass is 32.1.